The van der Waals surface area contributed by atoms with Crippen molar-refractivity contribution >= 4 is 5.69 Å². The van der Waals surface area contributed by atoms with Gasteiger partial charge < -0.3 is 10.2 Å². The summed E-state index contributed by atoms with van der Waals surface area (Å²) >= 11 is 0. The van der Waals surface area contributed by atoms with Crippen LogP contribution in [-0.2, 0) is 6.54 Å². The van der Waals surface area contributed by atoms with Gasteiger partial charge in [0.15, 0.2) is 0 Å². The van der Waals surface area contributed by atoms with Gasteiger partial charge in [0.2, 0.25) is 0 Å². The first kappa shape index (κ1) is 10.9. The molecule has 96 valence electrons. The van der Waals surface area contributed by atoms with Crippen LogP contribution >= 0.6 is 0 Å². The zero-order valence-corrected chi connectivity index (χ0v) is 11.0. The summed E-state index contributed by atoms with van der Waals surface area (Å²) in [5.41, 5.74) is 3.60. The van der Waals surface area contributed by atoms with Crippen molar-refractivity contribution in [2.75, 3.05) is 18.0 Å². The molecule has 0 atom stereocenters. The lowest BCUT2D eigenvalue weighted by atomic mass is 9.63. The van der Waals surface area contributed by atoms with Crippen molar-refractivity contribution < 1.29 is 0 Å². The predicted octanol–water partition coefficient (Wildman–Crippen LogP) is 2.93. The lowest BCUT2D eigenvalue weighted by Gasteiger charge is -2.57. The van der Waals surface area contributed by atoms with Crippen molar-refractivity contribution in [1.82, 2.24) is 5.32 Å². The fraction of sp³-hybridized carbons (Fsp3) is 0.625. The van der Waals surface area contributed by atoms with E-state index < -0.39 is 0 Å². The van der Waals surface area contributed by atoms with Crippen molar-refractivity contribution in [2.24, 2.45) is 5.41 Å². The molecule has 1 aromatic carbocycles. The molecular weight excluding hydrogens is 220 g/mol. The molecule has 0 radical (unpaired) electrons. The van der Waals surface area contributed by atoms with Gasteiger partial charge in [-0.25, -0.2) is 0 Å². The lowest BCUT2D eigenvalue weighted by Crippen LogP contribution is -2.59. The maximum absolute atomic E-state index is 3.60. The highest BCUT2D eigenvalue weighted by Crippen LogP contribution is 2.49. The first-order valence-corrected chi connectivity index (χ1v) is 7.40. The molecule has 0 bridgehead atoms. The Morgan fingerprint density at radius 1 is 1.22 bits per heavy atom. The van der Waals surface area contributed by atoms with Gasteiger partial charge in [0.05, 0.1) is 0 Å². The van der Waals surface area contributed by atoms with Gasteiger partial charge in [0.25, 0.3) is 0 Å². The number of nitrogens with zero attached hydrogens (tertiary/aromatic N) is 1. The molecule has 2 saturated carbocycles. The number of anilines is 1. The van der Waals surface area contributed by atoms with Gasteiger partial charge in [-0.1, -0.05) is 18.6 Å². The zero-order chi connectivity index (χ0) is 12.0. The number of rotatable bonds is 4. The van der Waals surface area contributed by atoms with Crippen molar-refractivity contribution in [3.8, 4) is 0 Å². The van der Waals surface area contributed by atoms with Crippen LogP contribution in [0.1, 0.15) is 37.7 Å². The Morgan fingerprint density at radius 3 is 2.72 bits per heavy atom. The number of benzene rings is 1. The molecule has 0 amide bonds. The maximum atomic E-state index is 3.60. The molecule has 2 heteroatoms. The topological polar surface area (TPSA) is 15.3 Å². The van der Waals surface area contributed by atoms with Gasteiger partial charge in [-0.2, -0.15) is 0 Å². The summed E-state index contributed by atoms with van der Waals surface area (Å²) in [5.74, 6) is 0. The Morgan fingerprint density at radius 2 is 2.06 bits per heavy atom. The van der Waals surface area contributed by atoms with E-state index in [4.69, 9.17) is 0 Å². The van der Waals surface area contributed by atoms with E-state index in [1.165, 1.54) is 56.4 Å². The molecule has 1 N–H and O–H groups in total. The average Bonchev–Trinajstić information content (AvgIpc) is 3.07. The molecule has 0 aromatic heterocycles. The molecule has 3 aliphatic rings. The molecule has 1 saturated heterocycles. The predicted molar refractivity (Wildman–Crippen MR) is 74.8 cm³/mol. The van der Waals surface area contributed by atoms with Crippen LogP contribution in [0.4, 0.5) is 5.69 Å². The normalized spacial score (nSPS) is 24.8. The molecule has 3 fully saturated rings. The van der Waals surface area contributed by atoms with E-state index in [1.807, 2.05) is 0 Å². The highest BCUT2D eigenvalue weighted by molar-refractivity contribution is 5.52. The molecule has 1 aromatic rings. The van der Waals surface area contributed by atoms with Gasteiger partial charge in [-0.15, -0.1) is 0 Å². The number of hydrogen-bond acceptors (Lipinski definition) is 2. The summed E-state index contributed by atoms with van der Waals surface area (Å²) in [6, 6.07) is 9.91. The smallest absolute Gasteiger partial charge is 0.0369 e. The Balaban J connectivity index is 1.39. The largest absolute Gasteiger partial charge is 0.370 e. The summed E-state index contributed by atoms with van der Waals surface area (Å²) in [5, 5.41) is 3.60. The fourth-order valence-electron chi connectivity index (χ4n) is 3.35. The minimum atomic E-state index is 0.724. The lowest BCUT2D eigenvalue weighted by molar-refractivity contribution is 0.0904. The number of nitrogens with one attached hydrogen (secondary N) is 1. The Kier molecular flexibility index (Phi) is 2.41. The van der Waals surface area contributed by atoms with Crippen LogP contribution in [0, 0.1) is 5.41 Å². The van der Waals surface area contributed by atoms with E-state index in [0.717, 1.165) is 18.0 Å². The summed E-state index contributed by atoms with van der Waals surface area (Å²) in [6.45, 7) is 3.64. The van der Waals surface area contributed by atoms with E-state index in [-0.39, 0.29) is 0 Å². The fourth-order valence-corrected chi connectivity index (χ4v) is 3.35. The Bertz CT molecular complexity index is 438. The van der Waals surface area contributed by atoms with Crippen molar-refractivity contribution in [1.29, 1.82) is 0 Å². The number of hydrogen-bond donors (Lipinski definition) is 1. The van der Waals surface area contributed by atoms with E-state index in [0.29, 0.717) is 0 Å². The molecule has 0 unspecified atom stereocenters. The monoisotopic (exact) mass is 242 g/mol. The second-order valence-corrected chi connectivity index (χ2v) is 6.53. The van der Waals surface area contributed by atoms with Gasteiger partial charge in [-0.05, 0) is 43.4 Å². The van der Waals surface area contributed by atoms with E-state index in [1.54, 1.807) is 0 Å². The second-order valence-electron chi connectivity index (χ2n) is 6.53. The van der Waals surface area contributed by atoms with Crippen LogP contribution in [0.15, 0.2) is 24.3 Å². The van der Waals surface area contributed by atoms with Crippen LogP contribution in [0.5, 0.6) is 0 Å². The minimum absolute atomic E-state index is 0.724. The molecule has 2 nitrogen and oxygen atoms in total. The van der Waals surface area contributed by atoms with Gasteiger partial charge >= 0.3 is 0 Å². The third kappa shape index (κ3) is 1.93. The quantitative estimate of drug-likeness (QED) is 0.873. The van der Waals surface area contributed by atoms with Crippen molar-refractivity contribution in [3.63, 3.8) is 0 Å². The molecule has 1 heterocycles. The van der Waals surface area contributed by atoms with Crippen molar-refractivity contribution in [2.45, 2.75) is 44.7 Å². The molecule has 4 rings (SSSR count). The second kappa shape index (κ2) is 3.99. The van der Waals surface area contributed by atoms with Crippen LogP contribution in [0.3, 0.4) is 0 Å². The van der Waals surface area contributed by atoms with Gasteiger partial charge in [0.1, 0.15) is 0 Å². The standard InChI is InChI=1S/C16H22N2/c1-3-13(10-17-14-5-6-14)9-15(4-1)18-11-16(12-18)7-2-8-16/h1,3-4,9,14,17H,2,5-8,10-12H2. The van der Waals surface area contributed by atoms with Crippen LogP contribution in [0.25, 0.3) is 0 Å². The highest BCUT2D eigenvalue weighted by atomic mass is 15.2. The zero-order valence-electron chi connectivity index (χ0n) is 11.0. The minimum Gasteiger partial charge on any atom is -0.370 e. The average molecular weight is 242 g/mol. The molecule has 1 spiro atoms. The highest BCUT2D eigenvalue weighted by Gasteiger charge is 2.47. The van der Waals surface area contributed by atoms with E-state index in [2.05, 4.69) is 34.5 Å². The molecule has 2 aliphatic carbocycles. The third-order valence-electron chi connectivity index (χ3n) is 4.91. The third-order valence-corrected chi connectivity index (χ3v) is 4.91. The molecule has 18 heavy (non-hydrogen) atoms. The van der Waals surface area contributed by atoms with Crippen LogP contribution < -0.4 is 10.2 Å². The van der Waals surface area contributed by atoms with Gasteiger partial charge in [0, 0.05) is 36.8 Å². The SMILES string of the molecule is c1cc(CNC2CC2)cc(N2CC3(CCC3)C2)c1. The summed E-state index contributed by atoms with van der Waals surface area (Å²) in [4.78, 5) is 2.56. The Labute approximate surface area is 109 Å². The van der Waals surface area contributed by atoms with E-state index >= 15 is 0 Å². The van der Waals surface area contributed by atoms with Crippen LogP contribution in [0.2, 0.25) is 0 Å². The molecular formula is C16H22N2. The Hall–Kier alpha value is -1.02. The summed E-state index contributed by atoms with van der Waals surface area (Å²) in [6.07, 6.45) is 7.13. The molecule has 1 aliphatic heterocycles. The van der Waals surface area contributed by atoms with Gasteiger partial charge in [-0.3, -0.25) is 0 Å². The van der Waals surface area contributed by atoms with Crippen LogP contribution in [-0.4, -0.2) is 19.1 Å². The first-order chi connectivity index (χ1) is 8.83. The first-order valence-electron chi connectivity index (χ1n) is 7.40. The van der Waals surface area contributed by atoms with Crippen molar-refractivity contribution in [3.05, 3.63) is 29.8 Å². The maximum Gasteiger partial charge on any atom is 0.0369 e. The summed E-state index contributed by atoms with van der Waals surface area (Å²) in [7, 11) is 0. The van der Waals surface area contributed by atoms with E-state index in [9.17, 15) is 0 Å². The summed E-state index contributed by atoms with van der Waals surface area (Å²) < 4.78 is 0.